The van der Waals surface area contributed by atoms with Crippen LogP contribution in [0, 0.1) is 22.7 Å². The van der Waals surface area contributed by atoms with Crippen LogP contribution in [-0.2, 0) is 0 Å². The maximum Gasteiger partial charge on any atom is 0.254 e. The van der Waals surface area contributed by atoms with Crippen LogP contribution in [0.1, 0.15) is 23.2 Å². The summed E-state index contributed by atoms with van der Waals surface area (Å²) < 4.78 is 10.3. The molecule has 1 rings (SSSR count). The van der Waals surface area contributed by atoms with E-state index in [1.165, 1.54) is 19.1 Å². The zero-order chi connectivity index (χ0) is 15.7. The molecule has 0 aromatic heterocycles. The molecule has 0 heterocycles. The predicted octanol–water partition coefficient (Wildman–Crippen LogP) is 1.97. The number of carbonyl (C=O) groups excluding carboxylic acids is 1. The lowest BCUT2D eigenvalue weighted by Crippen LogP contribution is -2.32. The van der Waals surface area contributed by atoms with Crippen molar-refractivity contribution >= 4 is 5.91 Å². The summed E-state index contributed by atoms with van der Waals surface area (Å²) in [6.07, 6.45) is 0.453. The molecule has 1 aromatic carbocycles. The van der Waals surface area contributed by atoms with Gasteiger partial charge in [0.2, 0.25) is 0 Å². The Kier molecular flexibility index (Phi) is 6.56. The van der Waals surface area contributed by atoms with Crippen molar-refractivity contribution in [2.75, 3.05) is 27.3 Å². The number of nitriles is 2. The lowest BCUT2D eigenvalue weighted by molar-refractivity contribution is 0.0762. The van der Waals surface area contributed by atoms with Gasteiger partial charge >= 0.3 is 0 Å². The average Bonchev–Trinajstić information content (AvgIpc) is 2.53. The van der Waals surface area contributed by atoms with Gasteiger partial charge in [0.25, 0.3) is 5.91 Å². The number of carbonyl (C=O) groups is 1. The molecule has 0 atom stereocenters. The van der Waals surface area contributed by atoms with Crippen molar-refractivity contribution in [3.05, 3.63) is 23.8 Å². The molecule has 0 radical (unpaired) electrons. The molecule has 0 unspecified atom stereocenters. The Morgan fingerprint density at radius 3 is 2.14 bits per heavy atom. The van der Waals surface area contributed by atoms with E-state index in [0.717, 1.165) is 0 Å². The molecule has 0 fully saturated rings. The van der Waals surface area contributed by atoms with E-state index in [-0.39, 0.29) is 18.7 Å². The number of benzene rings is 1. The number of amides is 1. The summed E-state index contributed by atoms with van der Waals surface area (Å²) in [5, 5.41) is 17.3. The first-order valence-electron chi connectivity index (χ1n) is 6.43. The average molecular weight is 287 g/mol. The van der Waals surface area contributed by atoms with E-state index in [2.05, 4.69) is 0 Å². The number of hydrogen-bond donors (Lipinski definition) is 0. The number of ether oxygens (including phenoxy) is 2. The van der Waals surface area contributed by atoms with Gasteiger partial charge in [-0.25, -0.2) is 0 Å². The molecule has 1 aromatic rings. The van der Waals surface area contributed by atoms with Gasteiger partial charge in [-0.2, -0.15) is 10.5 Å². The fourth-order valence-electron chi connectivity index (χ4n) is 1.84. The highest BCUT2D eigenvalue weighted by molar-refractivity contribution is 5.95. The summed E-state index contributed by atoms with van der Waals surface area (Å²) in [5.74, 6) is 0.764. The number of nitrogens with zero attached hydrogens (tertiary/aromatic N) is 3. The summed E-state index contributed by atoms with van der Waals surface area (Å²) in [5.41, 5.74) is 0.434. The molecule has 0 aliphatic rings. The Morgan fingerprint density at radius 1 is 1.10 bits per heavy atom. The molecule has 0 saturated heterocycles. The van der Waals surface area contributed by atoms with Gasteiger partial charge in [0.1, 0.15) is 0 Å². The van der Waals surface area contributed by atoms with Crippen LogP contribution in [0.25, 0.3) is 0 Å². The number of rotatable bonds is 7. The first-order chi connectivity index (χ1) is 10.2. The molecule has 0 saturated carbocycles. The van der Waals surface area contributed by atoms with Crippen molar-refractivity contribution in [1.29, 1.82) is 10.5 Å². The van der Waals surface area contributed by atoms with Crippen LogP contribution in [0.3, 0.4) is 0 Å². The van der Waals surface area contributed by atoms with Gasteiger partial charge in [-0.1, -0.05) is 0 Å². The molecule has 0 aliphatic carbocycles. The molecule has 6 nitrogen and oxygen atoms in total. The van der Waals surface area contributed by atoms with E-state index < -0.39 is 0 Å². The van der Waals surface area contributed by atoms with Gasteiger partial charge in [0.15, 0.2) is 11.5 Å². The molecular formula is C15H17N3O3. The van der Waals surface area contributed by atoms with Crippen molar-refractivity contribution in [1.82, 2.24) is 4.90 Å². The third kappa shape index (κ3) is 4.39. The highest BCUT2D eigenvalue weighted by Crippen LogP contribution is 2.28. The SMILES string of the molecule is COc1ccc(C(=O)N(CCC#N)CCC#N)cc1OC. The number of hydrogen-bond acceptors (Lipinski definition) is 5. The van der Waals surface area contributed by atoms with Gasteiger partial charge in [-0.15, -0.1) is 0 Å². The first kappa shape index (κ1) is 16.3. The molecular weight excluding hydrogens is 270 g/mol. The van der Waals surface area contributed by atoms with Crippen LogP contribution in [0.5, 0.6) is 11.5 Å². The van der Waals surface area contributed by atoms with E-state index in [9.17, 15) is 4.79 Å². The molecule has 0 aliphatic heterocycles. The molecule has 21 heavy (non-hydrogen) atoms. The van der Waals surface area contributed by atoms with E-state index in [4.69, 9.17) is 20.0 Å². The van der Waals surface area contributed by atoms with Crippen LogP contribution in [0.15, 0.2) is 18.2 Å². The summed E-state index contributed by atoms with van der Waals surface area (Å²) in [6, 6.07) is 8.88. The maximum absolute atomic E-state index is 12.4. The highest BCUT2D eigenvalue weighted by atomic mass is 16.5. The predicted molar refractivity (Wildman–Crippen MR) is 75.9 cm³/mol. The van der Waals surface area contributed by atoms with Gasteiger partial charge in [0, 0.05) is 18.7 Å². The molecule has 6 heteroatoms. The Hall–Kier alpha value is -2.73. The van der Waals surface area contributed by atoms with Crippen LogP contribution >= 0.6 is 0 Å². The third-order valence-corrected chi connectivity index (χ3v) is 2.90. The Morgan fingerprint density at radius 2 is 1.67 bits per heavy atom. The maximum atomic E-state index is 12.4. The van der Waals surface area contributed by atoms with Crippen molar-refractivity contribution in [2.45, 2.75) is 12.8 Å². The monoisotopic (exact) mass is 287 g/mol. The molecule has 0 N–H and O–H groups in total. The van der Waals surface area contributed by atoms with Crippen molar-refractivity contribution < 1.29 is 14.3 Å². The van der Waals surface area contributed by atoms with Crippen molar-refractivity contribution in [2.24, 2.45) is 0 Å². The second kappa shape index (κ2) is 8.44. The second-order valence-electron chi connectivity index (χ2n) is 4.18. The number of methoxy groups -OCH3 is 2. The molecule has 0 spiro atoms. The highest BCUT2D eigenvalue weighted by Gasteiger charge is 2.17. The van der Waals surface area contributed by atoms with Crippen LogP contribution < -0.4 is 9.47 Å². The third-order valence-electron chi connectivity index (χ3n) is 2.90. The largest absolute Gasteiger partial charge is 0.493 e. The first-order valence-corrected chi connectivity index (χ1v) is 6.43. The Labute approximate surface area is 124 Å². The van der Waals surface area contributed by atoms with E-state index in [1.54, 1.807) is 18.2 Å². The van der Waals surface area contributed by atoms with Gasteiger partial charge < -0.3 is 14.4 Å². The minimum Gasteiger partial charge on any atom is -0.493 e. The lowest BCUT2D eigenvalue weighted by Gasteiger charge is -2.21. The standard InChI is InChI=1S/C15H17N3O3/c1-20-13-6-5-12(11-14(13)21-2)15(19)18(9-3-7-16)10-4-8-17/h5-6,11H,3-4,9-10H2,1-2H3. The van der Waals surface area contributed by atoms with Crippen LogP contribution in [0.4, 0.5) is 0 Å². The minimum absolute atomic E-state index is 0.227. The van der Waals surface area contributed by atoms with E-state index in [1.807, 2.05) is 12.1 Å². The molecule has 1 amide bonds. The summed E-state index contributed by atoms with van der Waals surface area (Å²) in [7, 11) is 3.01. The van der Waals surface area contributed by atoms with Crippen molar-refractivity contribution in [3.63, 3.8) is 0 Å². The smallest absolute Gasteiger partial charge is 0.254 e. The van der Waals surface area contributed by atoms with Gasteiger partial charge in [-0.05, 0) is 18.2 Å². The van der Waals surface area contributed by atoms with Crippen LogP contribution in [0.2, 0.25) is 0 Å². The normalized spacial score (nSPS) is 9.33. The zero-order valence-electron chi connectivity index (χ0n) is 12.1. The van der Waals surface area contributed by atoms with Gasteiger partial charge in [-0.3, -0.25) is 4.79 Å². The van der Waals surface area contributed by atoms with E-state index in [0.29, 0.717) is 30.2 Å². The minimum atomic E-state index is -0.235. The zero-order valence-corrected chi connectivity index (χ0v) is 12.1. The topological polar surface area (TPSA) is 86.4 Å². The fourth-order valence-corrected chi connectivity index (χ4v) is 1.84. The summed E-state index contributed by atoms with van der Waals surface area (Å²) in [6.45, 7) is 0.594. The quantitative estimate of drug-likeness (QED) is 0.765. The summed E-state index contributed by atoms with van der Waals surface area (Å²) in [4.78, 5) is 13.9. The van der Waals surface area contributed by atoms with Crippen molar-refractivity contribution in [3.8, 4) is 23.6 Å². The Balaban J connectivity index is 2.97. The molecule has 0 bridgehead atoms. The Bertz CT molecular complexity index is 555. The van der Waals surface area contributed by atoms with Crippen LogP contribution in [-0.4, -0.2) is 38.1 Å². The fraction of sp³-hybridized carbons (Fsp3) is 0.400. The van der Waals surface area contributed by atoms with E-state index >= 15 is 0 Å². The lowest BCUT2D eigenvalue weighted by atomic mass is 10.1. The van der Waals surface area contributed by atoms with Gasteiger partial charge in [0.05, 0.1) is 39.2 Å². The molecule has 110 valence electrons. The second-order valence-corrected chi connectivity index (χ2v) is 4.18. The summed E-state index contributed by atoms with van der Waals surface area (Å²) >= 11 is 0.